The topological polar surface area (TPSA) is 46.5 Å². The van der Waals surface area contributed by atoms with Gasteiger partial charge in [-0.2, -0.15) is 0 Å². The van der Waals surface area contributed by atoms with Crippen molar-refractivity contribution in [2.75, 3.05) is 0 Å². The van der Waals surface area contributed by atoms with Crippen LogP contribution < -0.4 is 0 Å². The molecule has 0 atom stereocenters. The molecule has 0 aliphatic heterocycles. The third kappa shape index (κ3) is 5.54. The van der Waals surface area contributed by atoms with Gasteiger partial charge in [0.1, 0.15) is 0 Å². The Bertz CT molecular complexity index is 441. The Morgan fingerprint density at radius 2 is 1.79 bits per heavy atom. The first-order chi connectivity index (χ1) is 8.60. The minimum absolute atomic E-state index is 0.132. The molecule has 3 nitrogen and oxygen atoms in total. The van der Waals surface area contributed by atoms with Gasteiger partial charge in [0.05, 0.1) is 0 Å². The van der Waals surface area contributed by atoms with Crippen molar-refractivity contribution in [3.8, 4) is 5.75 Å². The second kappa shape index (κ2) is 5.85. The summed E-state index contributed by atoms with van der Waals surface area (Å²) in [5.41, 5.74) is 0.888. The van der Waals surface area contributed by atoms with Crippen molar-refractivity contribution in [2.24, 2.45) is 0 Å². The molecule has 0 unspecified atom stereocenters. The van der Waals surface area contributed by atoms with Gasteiger partial charge in [-0.25, -0.2) is 0 Å². The van der Waals surface area contributed by atoms with Crippen molar-refractivity contribution >= 4 is 19.6 Å². The van der Waals surface area contributed by atoms with Gasteiger partial charge in [0.25, 0.3) is 0 Å². The number of phenolic OH excluding ortho intramolecular Hbond substituents is 1. The van der Waals surface area contributed by atoms with E-state index in [1.54, 1.807) is 23.6 Å². The predicted molar refractivity (Wildman–Crippen MR) is 66.2 cm³/mol. The molecule has 0 spiro atoms. The predicted octanol–water partition coefficient (Wildman–Crippen LogP) is 3.25. The number of hydrogen-bond donors (Lipinski definition) is 1. The van der Waals surface area contributed by atoms with Crippen molar-refractivity contribution < 1.29 is 26.8 Å². The molecule has 1 rings (SSSR count). The molecular weight excluding hydrogens is 322 g/mol. The zero-order chi connectivity index (χ0) is 14.7. The van der Waals surface area contributed by atoms with E-state index in [2.05, 4.69) is 3.76 Å². The maximum absolute atomic E-state index is 12.1. The van der Waals surface area contributed by atoms with Gasteiger partial charge in [-0.05, 0) is 0 Å². The van der Waals surface area contributed by atoms with Crippen molar-refractivity contribution in [3.05, 3.63) is 29.8 Å². The average molecular weight is 337 g/mol. The summed E-state index contributed by atoms with van der Waals surface area (Å²) in [5.74, 6) is 1.27. The SMILES string of the molecule is [CH3][Ge]([CH3])([CH2]Cc1ccc(O)cc1)[O]C(=O)C(F)(F)F. The zero-order valence-corrected chi connectivity index (χ0v) is 12.7. The first-order valence-electron chi connectivity index (χ1n) is 5.68. The standard InChI is InChI=1S/C12H15F3GeO3/c1-16(2,19-11(18)12(13,14)15)8-7-9-3-5-10(17)6-4-9/h3-6,17H,7-8H2,1-2H3. The van der Waals surface area contributed by atoms with Crippen LogP contribution in [0.5, 0.6) is 5.75 Å². The molecule has 0 saturated heterocycles. The Morgan fingerprint density at radius 1 is 1.26 bits per heavy atom. The molecule has 7 heteroatoms. The van der Waals surface area contributed by atoms with Gasteiger partial charge in [-0.3, -0.25) is 0 Å². The van der Waals surface area contributed by atoms with Crippen LogP contribution in [0.1, 0.15) is 5.56 Å². The van der Waals surface area contributed by atoms with E-state index in [4.69, 9.17) is 5.11 Å². The van der Waals surface area contributed by atoms with E-state index in [1.165, 1.54) is 12.1 Å². The quantitative estimate of drug-likeness (QED) is 0.859. The number of aromatic hydroxyl groups is 1. The third-order valence-corrected chi connectivity index (χ3v) is 7.15. The van der Waals surface area contributed by atoms with Crippen LogP contribution in [-0.2, 0) is 15.0 Å². The molecule has 0 fully saturated rings. The van der Waals surface area contributed by atoms with Crippen LogP contribution in [0.25, 0.3) is 0 Å². The van der Waals surface area contributed by atoms with Crippen LogP contribution in [-0.4, -0.2) is 30.9 Å². The van der Waals surface area contributed by atoms with Gasteiger partial charge in [-0.15, -0.1) is 0 Å². The van der Waals surface area contributed by atoms with E-state index < -0.39 is 25.7 Å². The summed E-state index contributed by atoms with van der Waals surface area (Å²) in [5, 5.41) is 9.55. The summed E-state index contributed by atoms with van der Waals surface area (Å²) >= 11 is -3.23. The fraction of sp³-hybridized carbons (Fsp3) is 0.417. The fourth-order valence-corrected chi connectivity index (χ4v) is 4.85. The number of alkyl halides is 3. The normalized spacial score (nSPS) is 12.3. The Balaban J connectivity index is 2.55. The summed E-state index contributed by atoms with van der Waals surface area (Å²) in [6, 6.07) is 6.41. The van der Waals surface area contributed by atoms with Gasteiger partial charge in [0, 0.05) is 0 Å². The van der Waals surface area contributed by atoms with Gasteiger partial charge in [0.15, 0.2) is 0 Å². The molecule has 0 aromatic heterocycles. The summed E-state index contributed by atoms with van der Waals surface area (Å²) < 4.78 is 41.0. The van der Waals surface area contributed by atoms with Crippen molar-refractivity contribution in [3.63, 3.8) is 0 Å². The van der Waals surface area contributed by atoms with Crippen molar-refractivity contribution in [1.82, 2.24) is 0 Å². The molecule has 0 amide bonds. The molecule has 0 bridgehead atoms. The molecule has 0 radical (unpaired) electrons. The number of rotatable bonds is 4. The molecule has 19 heavy (non-hydrogen) atoms. The van der Waals surface area contributed by atoms with Crippen LogP contribution in [0.3, 0.4) is 0 Å². The number of benzene rings is 1. The number of carbonyl (C=O) groups is 1. The Kier molecular flexibility index (Phi) is 4.89. The van der Waals surface area contributed by atoms with E-state index in [0.717, 1.165) is 5.56 Å². The second-order valence-corrected chi connectivity index (χ2v) is 13.7. The minimum atomic E-state index is -4.93. The van der Waals surface area contributed by atoms with E-state index in [9.17, 15) is 18.0 Å². The number of hydrogen-bond acceptors (Lipinski definition) is 3. The third-order valence-electron chi connectivity index (χ3n) is 2.55. The monoisotopic (exact) mass is 338 g/mol. The molecule has 0 aliphatic carbocycles. The first-order valence-corrected chi connectivity index (χ1v) is 12.2. The van der Waals surface area contributed by atoms with Gasteiger partial charge in [0.2, 0.25) is 0 Å². The van der Waals surface area contributed by atoms with Crippen LogP contribution in [0.2, 0.25) is 16.8 Å². The van der Waals surface area contributed by atoms with Crippen LogP contribution in [0.4, 0.5) is 13.2 Å². The van der Waals surface area contributed by atoms with Crippen LogP contribution >= 0.6 is 0 Å². The zero-order valence-electron chi connectivity index (χ0n) is 10.6. The maximum atomic E-state index is 12.1. The average Bonchev–Trinajstić information content (AvgIpc) is 2.26. The first kappa shape index (κ1) is 15.9. The molecule has 1 aromatic carbocycles. The molecule has 0 aliphatic rings. The fourth-order valence-electron chi connectivity index (χ4n) is 1.47. The van der Waals surface area contributed by atoms with Crippen molar-refractivity contribution in [2.45, 2.75) is 29.4 Å². The molecule has 1 aromatic rings. The second-order valence-electron chi connectivity index (χ2n) is 4.81. The van der Waals surface area contributed by atoms with E-state index in [1.807, 2.05) is 0 Å². The Labute approximate surface area is 112 Å². The molecular formula is C12H15F3GeO3. The van der Waals surface area contributed by atoms with E-state index in [0.29, 0.717) is 11.7 Å². The van der Waals surface area contributed by atoms with E-state index >= 15 is 0 Å². The molecule has 0 saturated carbocycles. The summed E-state index contributed by atoms with van der Waals surface area (Å²) in [6.07, 6.45) is -4.40. The van der Waals surface area contributed by atoms with Crippen molar-refractivity contribution in [1.29, 1.82) is 0 Å². The number of aryl methyl sites for hydroxylation is 1. The number of halogens is 3. The Morgan fingerprint density at radius 3 is 2.26 bits per heavy atom. The molecule has 1 N–H and O–H groups in total. The number of phenols is 1. The van der Waals surface area contributed by atoms with Crippen LogP contribution in [0, 0.1) is 0 Å². The van der Waals surface area contributed by atoms with Gasteiger partial charge < -0.3 is 0 Å². The van der Waals surface area contributed by atoms with Crippen LogP contribution in [0.15, 0.2) is 24.3 Å². The summed E-state index contributed by atoms with van der Waals surface area (Å²) in [6.45, 7) is 0. The van der Waals surface area contributed by atoms with Gasteiger partial charge >= 0.3 is 111 Å². The number of carbonyl (C=O) groups excluding carboxylic acids is 1. The summed E-state index contributed by atoms with van der Waals surface area (Å²) in [7, 11) is 0. The Hall–Kier alpha value is -1.18. The molecule has 106 valence electrons. The molecule has 0 heterocycles. The van der Waals surface area contributed by atoms with Gasteiger partial charge in [-0.1, -0.05) is 0 Å². The van der Waals surface area contributed by atoms with E-state index in [-0.39, 0.29) is 5.75 Å². The summed E-state index contributed by atoms with van der Waals surface area (Å²) in [4.78, 5) is 10.8.